The maximum atomic E-state index is 16.4. The van der Waals surface area contributed by atoms with Crippen molar-refractivity contribution in [3.8, 4) is 6.01 Å². The molecule has 3 saturated heterocycles. The van der Waals surface area contributed by atoms with E-state index in [2.05, 4.69) is 32.5 Å². The Morgan fingerprint density at radius 1 is 1.05 bits per heavy atom. The number of para-hydroxylation sites is 2. The number of fused-ring (bicyclic) bond motifs is 4. The van der Waals surface area contributed by atoms with E-state index >= 15 is 8.78 Å². The van der Waals surface area contributed by atoms with Crippen LogP contribution < -0.4 is 25.2 Å². The lowest BCUT2D eigenvalue weighted by atomic mass is 10.1. The molecule has 3 unspecified atom stereocenters. The molecular formula is C28H33F2N7O. The van der Waals surface area contributed by atoms with Gasteiger partial charge >= 0.3 is 6.01 Å². The minimum Gasteiger partial charge on any atom is -0.462 e. The maximum Gasteiger partial charge on any atom is 0.319 e. The second kappa shape index (κ2) is 9.50. The number of likely N-dealkylation sites (tertiary alicyclic amines) is 1. The van der Waals surface area contributed by atoms with Crippen LogP contribution in [0.5, 0.6) is 6.01 Å². The van der Waals surface area contributed by atoms with Crippen molar-refractivity contribution in [2.75, 3.05) is 61.5 Å². The summed E-state index contributed by atoms with van der Waals surface area (Å²) in [6, 6.07) is 10.1. The highest BCUT2D eigenvalue weighted by molar-refractivity contribution is 5.94. The number of nitrogens with one attached hydrogen (secondary N) is 2. The lowest BCUT2D eigenvalue weighted by Gasteiger charge is -2.35. The number of anilines is 4. The lowest BCUT2D eigenvalue weighted by Crippen LogP contribution is -2.51. The van der Waals surface area contributed by atoms with Gasteiger partial charge in [-0.15, -0.1) is 0 Å². The molecule has 0 radical (unpaired) electrons. The number of ether oxygens (including phenoxy) is 1. The molecule has 0 amide bonds. The molecule has 0 aliphatic carbocycles. The Morgan fingerprint density at radius 2 is 1.87 bits per heavy atom. The van der Waals surface area contributed by atoms with E-state index < -0.39 is 11.6 Å². The predicted octanol–water partition coefficient (Wildman–Crippen LogP) is 3.89. The zero-order valence-electron chi connectivity index (χ0n) is 21.6. The average Bonchev–Trinajstić information content (AvgIpc) is 3.50. The molecule has 3 fully saturated rings. The SMILES string of the molecule is CN1CCCC1COc1nc(N2CC3CCC(C2)N3)c2cc(F)c(N3CCNc4ccccc43)c(F)c2n1. The zero-order chi connectivity index (χ0) is 25.8. The van der Waals surface area contributed by atoms with Crippen LogP contribution in [0.25, 0.3) is 10.9 Å². The molecule has 2 bridgehead atoms. The number of nitrogens with zero attached hydrogens (tertiary/aromatic N) is 5. The van der Waals surface area contributed by atoms with Crippen molar-refractivity contribution in [1.82, 2.24) is 20.2 Å². The van der Waals surface area contributed by atoms with Crippen molar-refractivity contribution in [3.63, 3.8) is 0 Å². The second-order valence-electron chi connectivity index (χ2n) is 11.0. The Balaban J connectivity index is 1.33. The minimum absolute atomic E-state index is 0.0852. The maximum absolute atomic E-state index is 16.4. The number of aromatic nitrogens is 2. The van der Waals surface area contributed by atoms with Crippen LogP contribution in [0.15, 0.2) is 30.3 Å². The highest BCUT2D eigenvalue weighted by Crippen LogP contribution is 2.41. The first kappa shape index (κ1) is 23.8. The quantitative estimate of drug-likeness (QED) is 0.525. The summed E-state index contributed by atoms with van der Waals surface area (Å²) in [7, 11) is 2.09. The molecule has 5 heterocycles. The molecule has 38 heavy (non-hydrogen) atoms. The van der Waals surface area contributed by atoms with E-state index in [0.717, 1.165) is 56.7 Å². The molecule has 8 nitrogen and oxygen atoms in total. The Labute approximate surface area is 221 Å². The molecule has 7 rings (SSSR count). The van der Waals surface area contributed by atoms with E-state index in [1.54, 1.807) is 4.90 Å². The fourth-order valence-electron chi connectivity index (χ4n) is 6.55. The summed E-state index contributed by atoms with van der Waals surface area (Å²) in [6.45, 7) is 3.97. The lowest BCUT2D eigenvalue weighted by molar-refractivity contribution is 0.188. The molecule has 200 valence electrons. The van der Waals surface area contributed by atoms with Gasteiger partial charge in [-0.1, -0.05) is 12.1 Å². The first-order chi connectivity index (χ1) is 18.5. The van der Waals surface area contributed by atoms with Gasteiger partial charge in [0.1, 0.15) is 23.6 Å². The van der Waals surface area contributed by atoms with Crippen LogP contribution in [0.1, 0.15) is 25.7 Å². The topological polar surface area (TPSA) is 68.8 Å². The number of hydrogen-bond donors (Lipinski definition) is 2. The fraction of sp³-hybridized carbons (Fsp3) is 0.500. The van der Waals surface area contributed by atoms with E-state index in [4.69, 9.17) is 9.72 Å². The van der Waals surface area contributed by atoms with Crippen LogP contribution in [0.3, 0.4) is 0 Å². The summed E-state index contributed by atoms with van der Waals surface area (Å²) in [5, 5.41) is 7.32. The van der Waals surface area contributed by atoms with Gasteiger partial charge in [-0.05, 0) is 57.5 Å². The number of halogens is 2. The number of piperazine rings is 1. The average molecular weight is 522 g/mol. The summed E-state index contributed by atoms with van der Waals surface area (Å²) in [5.41, 5.74) is 1.60. The van der Waals surface area contributed by atoms with Crippen LogP contribution in [0.4, 0.5) is 31.7 Å². The van der Waals surface area contributed by atoms with Gasteiger partial charge in [0.15, 0.2) is 11.6 Å². The van der Waals surface area contributed by atoms with Crippen LogP contribution in [-0.2, 0) is 0 Å². The Bertz CT molecular complexity index is 1360. The van der Waals surface area contributed by atoms with Crippen LogP contribution in [-0.4, -0.2) is 79.4 Å². The third-order valence-electron chi connectivity index (χ3n) is 8.53. The third-order valence-corrected chi connectivity index (χ3v) is 8.53. The Morgan fingerprint density at radius 3 is 2.66 bits per heavy atom. The first-order valence-electron chi connectivity index (χ1n) is 13.7. The van der Waals surface area contributed by atoms with E-state index in [1.165, 1.54) is 6.07 Å². The molecule has 1 aromatic heterocycles. The highest BCUT2D eigenvalue weighted by Gasteiger charge is 2.35. The molecule has 2 N–H and O–H groups in total. The second-order valence-corrected chi connectivity index (χ2v) is 11.0. The molecule has 0 saturated carbocycles. The van der Waals surface area contributed by atoms with Crippen molar-refractivity contribution < 1.29 is 13.5 Å². The van der Waals surface area contributed by atoms with Gasteiger partial charge in [-0.2, -0.15) is 9.97 Å². The van der Waals surface area contributed by atoms with Crippen molar-refractivity contribution in [3.05, 3.63) is 42.0 Å². The number of hydrogen-bond acceptors (Lipinski definition) is 8. The summed E-state index contributed by atoms with van der Waals surface area (Å²) < 4.78 is 38.4. The zero-order valence-corrected chi connectivity index (χ0v) is 21.6. The van der Waals surface area contributed by atoms with E-state index in [-0.39, 0.29) is 23.3 Å². The van der Waals surface area contributed by atoms with Gasteiger partial charge in [0, 0.05) is 49.7 Å². The fourth-order valence-corrected chi connectivity index (χ4v) is 6.55. The molecule has 10 heteroatoms. The number of benzene rings is 2. The van der Waals surface area contributed by atoms with Gasteiger partial charge in [-0.25, -0.2) is 8.78 Å². The van der Waals surface area contributed by atoms with Crippen molar-refractivity contribution in [1.29, 1.82) is 0 Å². The van der Waals surface area contributed by atoms with Crippen LogP contribution in [0.2, 0.25) is 0 Å². The third kappa shape index (κ3) is 4.10. The summed E-state index contributed by atoms with van der Waals surface area (Å²) in [6.07, 6.45) is 4.36. The van der Waals surface area contributed by atoms with Gasteiger partial charge in [0.2, 0.25) is 0 Å². The summed E-state index contributed by atoms with van der Waals surface area (Å²) >= 11 is 0. The molecule has 0 spiro atoms. The van der Waals surface area contributed by atoms with E-state index in [9.17, 15) is 0 Å². The van der Waals surface area contributed by atoms with Crippen LogP contribution in [0, 0.1) is 11.6 Å². The van der Waals surface area contributed by atoms with Gasteiger partial charge in [0.05, 0.1) is 11.4 Å². The van der Waals surface area contributed by atoms with Gasteiger partial charge < -0.3 is 30.1 Å². The van der Waals surface area contributed by atoms with Gasteiger partial charge in [-0.3, -0.25) is 0 Å². The van der Waals surface area contributed by atoms with E-state index in [0.29, 0.717) is 43.0 Å². The summed E-state index contributed by atoms with van der Waals surface area (Å²) in [4.78, 5) is 15.4. The Kier molecular flexibility index (Phi) is 5.96. The molecular weight excluding hydrogens is 488 g/mol. The number of rotatable bonds is 5. The monoisotopic (exact) mass is 521 g/mol. The molecule has 3 atom stereocenters. The molecule has 4 aliphatic rings. The molecule has 4 aliphatic heterocycles. The summed E-state index contributed by atoms with van der Waals surface area (Å²) in [5.74, 6) is -0.745. The first-order valence-corrected chi connectivity index (χ1v) is 13.7. The normalized spacial score (nSPS) is 25.1. The Hall–Kier alpha value is -3.24. The van der Waals surface area contributed by atoms with Crippen LogP contribution >= 0.6 is 0 Å². The minimum atomic E-state index is -0.679. The number of likely N-dealkylation sites (N-methyl/N-ethyl adjacent to an activating group) is 1. The van der Waals surface area contributed by atoms with E-state index in [1.807, 2.05) is 24.3 Å². The standard InChI is InChI=1S/C28H33F2N7O/c1-35-11-4-5-19(35)16-38-28-33-25-20(27(34-28)36-14-17-8-9-18(15-36)32-17)13-21(29)26(24(25)30)37-12-10-31-22-6-2-3-7-23(22)37/h2-3,6-7,13,17-19,31-32H,4-5,8-12,14-16H2,1H3. The molecule has 2 aromatic carbocycles. The van der Waals surface area contributed by atoms with Crippen molar-refractivity contribution in [2.45, 2.75) is 43.8 Å². The predicted molar refractivity (Wildman–Crippen MR) is 145 cm³/mol. The smallest absolute Gasteiger partial charge is 0.319 e. The van der Waals surface area contributed by atoms with Crippen molar-refractivity contribution >= 4 is 33.8 Å². The highest BCUT2D eigenvalue weighted by atomic mass is 19.1. The molecule has 3 aromatic rings. The largest absolute Gasteiger partial charge is 0.462 e. The van der Waals surface area contributed by atoms with Gasteiger partial charge in [0.25, 0.3) is 0 Å². The van der Waals surface area contributed by atoms with Crippen molar-refractivity contribution in [2.24, 2.45) is 0 Å².